The molecule has 0 aliphatic rings. The van der Waals surface area contributed by atoms with E-state index in [0.717, 1.165) is 30.0 Å². The lowest BCUT2D eigenvalue weighted by molar-refractivity contribution is 0.584. The summed E-state index contributed by atoms with van der Waals surface area (Å²) in [5.74, 6) is 0. The first-order valence-corrected chi connectivity index (χ1v) is 7.47. The number of aromatic nitrogens is 3. The number of hydrogen-bond acceptors (Lipinski definition) is 3. The van der Waals surface area contributed by atoms with Crippen molar-refractivity contribution in [2.45, 2.75) is 39.2 Å². The molecule has 1 aromatic carbocycles. The van der Waals surface area contributed by atoms with Crippen LogP contribution in [0.5, 0.6) is 0 Å². The maximum absolute atomic E-state index is 4.47. The molecule has 2 aromatic rings. The number of nitrogens with zero attached hydrogens (tertiary/aromatic N) is 3. The van der Waals surface area contributed by atoms with Crippen molar-refractivity contribution < 1.29 is 0 Å². The van der Waals surface area contributed by atoms with E-state index in [1.54, 1.807) is 4.80 Å². The predicted octanol–water partition coefficient (Wildman–Crippen LogP) is 3.15. The van der Waals surface area contributed by atoms with Crippen LogP contribution in [0.25, 0.3) is 11.3 Å². The number of aryl methyl sites for hydroxylation is 1. The average molecular weight is 272 g/mol. The molecule has 0 aliphatic heterocycles. The summed E-state index contributed by atoms with van der Waals surface area (Å²) in [6.45, 7) is 4.06. The first-order valence-electron chi connectivity index (χ1n) is 7.47. The molecule has 0 bridgehead atoms. The van der Waals surface area contributed by atoms with Gasteiger partial charge in [0, 0.05) is 19.2 Å². The van der Waals surface area contributed by atoms with Crippen molar-refractivity contribution in [1.82, 2.24) is 20.3 Å². The van der Waals surface area contributed by atoms with E-state index in [0.29, 0.717) is 0 Å². The number of rotatable bonds is 8. The summed E-state index contributed by atoms with van der Waals surface area (Å²) in [5, 5.41) is 12.4. The maximum atomic E-state index is 4.47. The fourth-order valence-corrected chi connectivity index (χ4v) is 2.27. The molecule has 1 aromatic heterocycles. The van der Waals surface area contributed by atoms with E-state index in [9.17, 15) is 0 Å². The lowest BCUT2D eigenvalue weighted by Crippen LogP contribution is -2.15. The minimum Gasteiger partial charge on any atom is -0.311 e. The second kappa shape index (κ2) is 7.80. The Balaban J connectivity index is 1.92. The van der Waals surface area contributed by atoms with Crippen molar-refractivity contribution in [3.63, 3.8) is 0 Å². The highest BCUT2D eigenvalue weighted by molar-refractivity contribution is 5.60. The molecule has 1 N–H and O–H groups in total. The lowest BCUT2D eigenvalue weighted by atomic mass is 10.1. The molecule has 0 amide bonds. The van der Waals surface area contributed by atoms with Crippen molar-refractivity contribution in [3.8, 4) is 11.3 Å². The van der Waals surface area contributed by atoms with Gasteiger partial charge in [0.1, 0.15) is 11.4 Å². The third kappa shape index (κ3) is 4.17. The molecule has 0 fully saturated rings. The van der Waals surface area contributed by atoms with Crippen LogP contribution >= 0.6 is 0 Å². The van der Waals surface area contributed by atoms with Crippen LogP contribution in [0.2, 0.25) is 0 Å². The SMILES string of the molecule is CCCCCCNCc1nn(C)nc1-c1ccccc1. The first kappa shape index (κ1) is 14.7. The molecule has 0 unspecified atom stereocenters. The zero-order valence-corrected chi connectivity index (χ0v) is 12.5. The molecule has 0 radical (unpaired) electrons. The van der Waals surface area contributed by atoms with Crippen LogP contribution in [0, 0.1) is 0 Å². The van der Waals surface area contributed by atoms with Gasteiger partial charge in [0.05, 0.1) is 0 Å². The van der Waals surface area contributed by atoms with Gasteiger partial charge in [-0.3, -0.25) is 0 Å². The predicted molar refractivity (Wildman–Crippen MR) is 82.3 cm³/mol. The Hall–Kier alpha value is -1.68. The smallest absolute Gasteiger partial charge is 0.117 e. The van der Waals surface area contributed by atoms with Gasteiger partial charge in [0.2, 0.25) is 0 Å². The van der Waals surface area contributed by atoms with Crippen LogP contribution in [-0.2, 0) is 13.6 Å². The number of unbranched alkanes of at least 4 members (excludes halogenated alkanes) is 3. The summed E-state index contributed by atoms with van der Waals surface area (Å²) in [6.07, 6.45) is 5.13. The fraction of sp³-hybridized carbons (Fsp3) is 0.500. The highest BCUT2D eigenvalue weighted by atomic mass is 15.5. The van der Waals surface area contributed by atoms with Gasteiger partial charge in [-0.05, 0) is 13.0 Å². The Bertz CT molecular complexity index is 504. The van der Waals surface area contributed by atoms with Crippen molar-refractivity contribution in [2.24, 2.45) is 7.05 Å². The maximum Gasteiger partial charge on any atom is 0.117 e. The van der Waals surface area contributed by atoms with Gasteiger partial charge >= 0.3 is 0 Å². The monoisotopic (exact) mass is 272 g/mol. The fourth-order valence-electron chi connectivity index (χ4n) is 2.27. The summed E-state index contributed by atoms with van der Waals surface area (Å²) < 4.78 is 0. The van der Waals surface area contributed by atoms with Gasteiger partial charge in [-0.25, -0.2) is 0 Å². The Kier molecular flexibility index (Phi) is 5.74. The molecule has 0 saturated heterocycles. The Labute approximate surface area is 121 Å². The molecule has 108 valence electrons. The standard InChI is InChI=1S/C16H24N4/c1-3-4-5-9-12-17-13-15-16(19-20(2)18-15)14-10-7-6-8-11-14/h6-8,10-11,17H,3-5,9,12-13H2,1-2H3. The highest BCUT2D eigenvalue weighted by Gasteiger charge is 2.10. The zero-order chi connectivity index (χ0) is 14.2. The van der Waals surface area contributed by atoms with Crippen molar-refractivity contribution in [3.05, 3.63) is 36.0 Å². The largest absolute Gasteiger partial charge is 0.311 e. The molecule has 0 spiro atoms. The van der Waals surface area contributed by atoms with Crippen LogP contribution < -0.4 is 5.32 Å². The van der Waals surface area contributed by atoms with Crippen LogP contribution in [0.3, 0.4) is 0 Å². The van der Waals surface area contributed by atoms with Crippen LogP contribution in [0.4, 0.5) is 0 Å². The Morgan fingerprint density at radius 2 is 1.85 bits per heavy atom. The molecule has 0 saturated carbocycles. The number of benzene rings is 1. The number of hydrogen-bond donors (Lipinski definition) is 1. The molecular weight excluding hydrogens is 248 g/mol. The van der Waals surface area contributed by atoms with Gasteiger partial charge in [0.25, 0.3) is 0 Å². The minimum atomic E-state index is 0.782. The van der Waals surface area contributed by atoms with E-state index in [1.165, 1.54) is 25.7 Å². The van der Waals surface area contributed by atoms with Gasteiger partial charge in [0.15, 0.2) is 0 Å². The van der Waals surface area contributed by atoms with Gasteiger partial charge < -0.3 is 5.32 Å². The quantitative estimate of drug-likeness (QED) is 0.751. The van der Waals surface area contributed by atoms with E-state index < -0.39 is 0 Å². The molecular formula is C16H24N4. The van der Waals surface area contributed by atoms with E-state index in [-0.39, 0.29) is 0 Å². The van der Waals surface area contributed by atoms with E-state index in [4.69, 9.17) is 0 Å². The molecule has 4 heteroatoms. The van der Waals surface area contributed by atoms with Crippen molar-refractivity contribution >= 4 is 0 Å². The van der Waals surface area contributed by atoms with Gasteiger partial charge in [-0.2, -0.15) is 15.0 Å². The third-order valence-electron chi connectivity index (χ3n) is 3.33. The molecule has 0 atom stereocenters. The topological polar surface area (TPSA) is 42.7 Å². The molecule has 4 nitrogen and oxygen atoms in total. The Morgan fingerprint density at radius 1 is 1.05 bits per heavy atom. The molecule has 2 rings (SSSR count). The van der Waals surface area contributed by atoms with E-state index >= 15 is 0 Å². The molecule has 20 heavy (non-hydrogen) atoms. The first-order chi connectivity index (χ1) is 9.81. The van der Waals surface area contributed by atoms with E-state index in [2.05, 4.69) is 34.6 Å². The molecule has 1 heterocycles. The van der Waals surface area contributed by atoms with E-state index in [1.807, 2.05) is 25.2 Å². The second-order valence-electron chi connectivity index (χ2n) is 5.09. The summed E-state index contributed by atoms with van der Waals surface area (Å²) in [5.41, 5.74) is 3.13. The summed E-state index contributed by atoms with van der Waals surface area (Å²) >= 11 is 0. The van der Waals surface area contributed by atoms with Crippen molar-refractivity contribution in [1.29, 1.82) is 0 Å². The van der Waals surface area contributed by atoms with Crippen LogP contribution in [0.1, 0.15) is 38.3 Å². The van der Waals surface area contributed by atoms with Gasteiger partial charge in [-0.1, -0.05) is 56.5 Å². The number of nitrogens with one attached hydrogen (secondary N) is 1. The summed E-state index contributed by atoms with van der Waals surface area (Å²) in [4.78, 5) is 1.65. The Morgan fingerprint density at radius 3 is 2.60 bits per heavy atom. The minimum absolute atomic E-state index is 0.782. The highest BCUT2D eigenvalue weighted by Crippen LogP contribution is 2.19. The van der Waals surface area contributed by atoms with Crippen LogP contribution in [0.15, 0.2) is 30.3 Å². The zero-order valence-electron chi connectivity index (χ0n) is 12.5. The van der Waals surface area contributed by atoms with Crippen LogP contribution in [-0.4, -0.2) is 21.5 Å². The second-order valence-corrected chi connectivity index (χ2v) is 5.09. The third-order valence-corrected chi connectivity index (χ3v) is 3.33. The summed E-state index contributed by atoms with van der Waals surface area (Å²) in [6, 6.07) is 10.2. The lowest BCUT2D eigenvalue weighted by Gasteiger charge is -2.04. The average Bonchev–Trinajstić information content (AvgIpc) is 2.85. The van der Waals surface area contributed by atoms with Gasteiger partial charge in [-0.15, -0.1) is 0 Å². The normalized spacial score (nSPS) is 10.9. The summed E-state index contributed by atoms with van der Waals surface area (Å²) in [7, 11) is 1.87. The molecule has 0 aliphatic carbocycles. The van der Waals surface area contributed by atoms with Crippen molar-refractivity contribution in [2.75, 3.05) is 6.54 Å².